The maximum Gasteiger partial charge on any atom is 0.245 e. The van der Waals surface area contributed by atoms with Crippen LogP contribution in [0.3, 0.4) is 0 Å². The summed E-state index contributed by atoms with van der Waals surface area (Å²) in [5.74, 6) is -0.133. The van der Waals surface area contributed by atoms with Crippen LogP contribution in [0.4, 0.5) is 0 Å². The van der Waals surface area contributed by atoms with Crippen molar-refractivity contribution in [2.24, 2.45) is 0 Å². The molecule has 5 heteroatoms. The second-order valence-corrected chi connectivity index (χ2v) is 5.10. The summed E-state index contributed by atoms with van der Waals surface area (Å²) < 4.78 is 0. The highest BCUT2D eigenvalue weighted by molar-refractivity contribution is 6.31. The average Bonchev–Trinajstić information content (AvgIpc) is 2.38. The number of halogens is 1. The Labute approximate surface area is 117 Å². The van der Waals surface area contributed by atoms with E-state index in [0.717, 1.165) is 12.0 Å². The topological polar surface area (TPSA) is 49.4 Å². The lowest BCUT2D eigenvalue weighted by Gasteiger charge is -2.32. The van der Waals surface area contributed by atoms with E-state index < -0.39 is 6.04 Å². The largest absolute Gasteiger partial charge is 0.343 e. The summed E-state index contributed by atoms with van der Waals surface area (Å²) >= 11 is 6.09. The fraction of sp³-hybridized carbons (Fsp3) is 0.429. The number of nitrogens with zero attached hydrogens (tertiary/aromatic N) is 1. The molecular weight excluding hydrogens is 264 g/mol. The highest BCUT2D eigenvalue weighted by Crippen LogP contribution is 2.19. The SMILES string of the molecule is CCCC1NC(=O)CN(Cc2ccccc2Cl)C1=O. The predicted molar refractivity (Wildman–Crippen MR) is 73.7 cm³/mol. The first-order chi connectivity index (χ1) is 9.11. The zero-order valence-corrected chi connectivity index (χ0v) is 11.6. The van der Waals surface area contributed by atoms with E-state index in [1.54, 1.807) is 11.0 Å². The summed E-state index contributed by atoms with van der Waals surface area (Å²) in [5.41, 5.74) is 0.863. The van der Waals surface area contributed by atoms with E-state index in [2.05, 4.69) is 5.32 Å². The van der Waals surface area contributed by atoms with Crippen LogP contribution in [0.2, 0.25) is 5.02 Å². The monoisotopic (exact) mass is 280 g/mol. The van der Waals surface area contributed by atoms with Gasteiger partial charge in [-0.3, -0.25) is 9.59 Å². The first-order valence-corrected chi connectivity index (χ1v) is 6.81. The molecule has 1 aliphatic rings. The molecule has 1 unspecified atom stereocenters. The summed E-state index contributed by atoms with van der Waals surface area (Å²) in [7, 11) is 0. The van der Waals surface area contributed by atoms with Gasteiger partial charge in [-0.1, -0.05) is 43.1 Å². The Morgan fingerprint density at radius 2 is 2.11 bits per heavy atom. The van der Waals surface area contributed by atoms with E-state index in [1.807, 2.05) is 25.1 Å². The molecule has 1 aromatic rings. The number of amides is 2. The van der Waals surface area contributed by atoms with Crippen LogP contribution in [0, 0.1) is 0 Å². The maximum atomic E-state index is 12.2. The van der Waals surface area contributed by atoms with Crippen molar-refractivity contribution in [3.63, 3.8) is 0 Å². The standard InChI is InChI=1S/C14H17ClN2O2/c1-2-5-12-14(19)17(9-13(18)16-12)8-10-6-3-4-7-11(10)15/h3-4,6-7,12H,2,5,8-9H2,1H3,(H,16,18). The molecular formula is C14H17ClN2O2. The van der Waals surface area contributed by atoms with Crippen LogP contribution in [0.5, 0.6) is 0 Å². The normalized spacial score (nSPS) is 19.5. The smallest absolute Gasteiger partial charge is 0.245 e. The summed E-state index contributed by atoms with van der Waals surface area (Å²) in [6.07, 6.45) is 1.53. The van der Waals surface area contributed by atoms with Crippen LogP contribution in [-0.2, 0) is 16.1 Å². The highest BCUT2D eigenvalue weighted by Gasteiger charge is 2.31. The zero-order chi connectivity index (χ0) is 13.8. The third kappa shape index (κ3) is 3.26. The number of benzene rings is 1. The van der Waals surface area contributed by atoms with Crippen LogP contribution in [0.1, 0.15) is 25.3 Å². The molecule has 0 bridgehead atoms. The number of nitrogens with one attached hydrogen (secondary N) is 1. The van der Waals surface area contributed by atoms with Gasteiger partial charge >= 0.3 is 0 Å². The minimum Gasteiger partial charge on any atom is -0.343 e. The Hall–Kier alpha value is -1.55. The molecule has 4 nitrogen and oxygen atoms in total. The number of piperazine rings is 1. The van der Waals surface area contributed by atoms with Gasteiger partial charge in [0.1, 0.15) is 6.04 Å². The predicted octanol–water partition coefficient (Wildman–Crippen LogP) is 1.97. The van der Waals surface area contributed by atoms with Crippen molar-refractivity contribution in [2.45, 2.75) is 32.4 Å². The number of hydrogen-bond acceptors (Lipinski definition) is 2. The molecule has 0 aromatic heterocycles. The quantitative estimate of drug-likeness (QED) is 0.917. The van der Waals surface area contributed by atoms with E-state index >= 15 is 0 Å². The Balaban J connectivity index is 2.12. The van der Waals surface area contributed by atoms with Crippen molar-refractivity contribution in [3.05, 3.63) is 34.9 Å². The molecule has 1 aliphatic heterocycles. The van der Waals surface area contributed by atoms with Gasteiger partial charge in [-0.2, -0.15) is 0 Å². The van der Waals surface area contributed by atoms with Crippen molar-refractivity contribution < 1.29 is 9.59 Å². The van der Waals surface area contributed by atoms with Gasteiger partial charge in [0.05, 0.1) is 6.54 Å². The summed E-state index contributed by atoms with van der Waals surface area (Å²) in [6.45, 7) is 2.48. The molecule has 0 spiro atoms. The Bertz CT molecular complexity index is 490. The molecule has 1 saturated heterocycles. The molecule has 1 fully saturated rings. The molecule has 0 saturated carbocycles. The number of rotatable bonds is 4. The Morgan fingerprint density at radius 3 is 2.79 bits per heavy atom. The van der Waals surface area contributed by atoms with Crippen molar-refractivity contribution in [1.29, 1.82) is 0 Å². The van der Waals surface area contributed by atoms with Crippen LogP contribution in [0.25, 0.3) is 0 Å². The molecule has 102 valence electrons. The van der Waals surface area contributed by atoms with Crippen LogP contribution >= 0.6 is 11.6 Å². The molecule has 0 radical (unpaired) electrons. The Morgan fingerprint density at radius 1 is 1.37 bits per heavy atom. The molecule has 2 amide bonds. The summed E-state index contributed by atoms with van der Waals surface area (Å²) in [6, 6.07) is 6.98. The third-order valence-electron chi connectivity index (χ3n) is 3.18. The van der Waals surface area contributed by atoms with Gasteiger partial charge in [-0.25, -0.2) is 0 Å². The molecule has 1 N–H and O–H groups in total. The molecule has 2 rings (SSSR count). The number of hydrogen-bond donors (Lipinski definition) is 1. The van der Waals surface area contributed by atoms with E-state index in [4.69, 9.17) is 11.6 Å². The van der Waals surface area contributed by atoms with Crippen molar-refractivity contribution in [3.8, 4) is 0 Å². The first-order valence-electron chi connectivity index (χ1n) is 6.43. The minimum atomic E-state index is -0.395. The fourth-order valence-corrected chi connectivity index (χ4v) is 2.42. The lowest BCUT2D eigenvalue weighted by atomic mass is 10.1. The molecule has 1 heterocycles. The molecule has 19 heavy (non-hydrogen) atoms. The second-order valence-electron chi connectivity index (χ2n) is 4.69. The maximum absolute atomic E-state index is 12.2. The fourth-order valence-electron chi connectivity index (χ4n) is 2.22. The average molecular weight is 281 g/mol. The highest BCUT2D eigenvalue weighted by atomic mass is 35.5. The van der Waals surface area contributed by atoms with E-state index in [-0.39, 0.29) is 18.4 Å². The number of carbonyl (C=O) groups is 2. The van der Waals surface area contributed by atoms with Gasteiger partial charge in [0.25, 0.3) is 0 Å². The summed E-state index contributed by atoms with van der Waals surface area (Å²) in [4.78, 5) is 25.5. The zero-order valence-electron chi connectivity index (χ0n) is 10.9. The summed E-state index contributed by atoms with van der Waals surface area (Å²) in [5, 5.41) is 3.35. The van der Waals surface area contributed by atoms with Gasteiger partial charge in [0.2, 0.25) is 11.8 Å². The van der Waals surface area contributed by atoms with Gasteiger partial charge in [-0.05, 0) is 18.1 Å². The lowest BCUT2D eigenvalue weighted by Crippen LogP contribution is -2.57. The van der Waals surface area contributed by atoms with Crippen LogP contribution in [0.15, 0.2) is 24.3 Å². The first kappa shape index (κ1) is 13.9. The molecule has 1 atom stereocenters. The van der Waals surface area contributed by atoms with Crippen molar-refractivity contribution in [1.82, 2.24) is 10.2 Å². The van der Waals surface area contributed by atoms with E-state index in [9.17, 15) is 9.59 Å². The third-order valence-corrected chi connectivity index (χ3v) is 3.54. The Kier molecular flexibility index (Phi) is 4.43. The lowest BCUT2D eigenvalue weighted by molar-refractivity contribution is -0.145. The van der Waals surface area contributed by atoms with E-state index in [0.29, 0.717) is 18.0 Å². The van der Waals surface area contributed by atoms with Gasteiger partial charge in [-0.15, -0.1) is 0 Å². The second kappa shape index (κ2) is 6.06. The van der Waals surface area contributed by atoms with E-state index in [1.165, 1.54) is 0 Å². The van der Waals surface area contributed by atoms with Gasteiger partial charge in [0, 0.05) is 11.6 Å². The van der Waals surface area contributed by atoms with Crippen LogP contribution in [-0.4, -0.2) is 29.3 Å². The van der Waals surface area contributed by atoms with Gasteiger partial charge in [0.15, 0.2) is 0 Å². The van der Waals surface area contributed by atoms with Crippen molar-refractivity contribution >= 4 is 23.4 Å². The minimum absolute atomic E-state index is 0.0265. The molecule has 0 aliphatic carbocycles. The van der Waals surface area contributed by atoms with Crippen LogP contribution < -0.4 is 5.32 Å². The molecule has 1 aromatic carbocycles. The van der Waals surface area contributed by atoms with Gasteiger partial charge < -0.3 is 10.2 Å². The van der Waals surface area contributed by atoms with Crippen molar-refractivity contribution in [2.75, 3.05) is 6.54 Å². The number of carbonyl (C=O) groups excluding carboxylic acids is 2.